The second-order valence-electron chi connectivity index (χ2n) is 9.84. The SMILES string of the molecule is Cc1ccc(C)n1-c1ccc(OCc2ccc(C(=O)N/N=C/c3cc(Cl)cc([N+](=O)[O-])c3OCc3ccc(Cl)c(Cl)c3)o2)cc1. The first-order valence-corrected chi connectivity index (χ1v) is 14.6. The molecule has 0 bridgehead atoms. The summed E-state index contributed by atoms with van der Waals surface area (Å²) in [6.07, 6.45) is 1.19. The van der Waals surface area contributed by atoms with E-state index in [1.165, 1.54) is 18.3 Å². The van der Waals surface area contributed by atoms with E-state index in [1.807, 2.05) is 38.1 Å². The molecule has 3 aromatic carbocycles. The van der Waals surface area contributed by atoms with E-state index in [-0.39, 0.29) is 41.0 Å². The summed E-state index contributed by atoms with van der Waals surface area (Å²) >= 11 is 18.1. The number of hydrazone groups is 1. The van der Waals surface area contributed by atoms with Crippen molar-refractivity contribution in [2.45, 2.75) is 27.1 Å². The number of carbonyl (C=O) groups excluding carboxylic acids is 1. The largest absolute Gasteiger partial charge is 0.486 e. The molecule has 0 radical (unpaired) electrons. The van der Waals surface area contributed by atoms with Crippen molar-refractivity contribution in [3.63, 3.8) is 0 Å². The Balaban J connectivity index is 1.22. The number of aryl methyl sites for hydroxylation is 2. The van der Waals surface area contributed by atoms with Gasteiger partial charge in [-0.2, -0.15) is 5.10 Å². The maximum atomic E-state index is 12.7. The van der Waals surface area contributed by atoms with Gasteiger partial charge in [-0.15, -0.1) is 0 Å². The summed E-state index contributed by atoms with van der Waals surface area (Å²) in [6, 6.07) is 22.3. The van der Waals surface area contributed by atoms with Gasteiger partial charge in [-0.3, -0.25) is 14.9 Å². The van der Waals surface area contributed by atoms with Crippen molar-refractivity contribution >= 4 is 52.6 Å². The van der Waals surface area contributed by atoms with Crippen LogP contribution < -0.4 is 14.9 Å². The molecular weight excluding hydrogens is 643 g/mol. The number of rotatable bonds is 11. The van der Waals surface area contributed by atoms with Crippen molar-refractivity contribution in [1.29, 1.82) is 0 Å². The van der Waals surface area contributed by atoms with Crippen LogP contribution in [0.25, 0.3) is 5.69 Å². The molecule has 1 amide bonds. The van der Waals surface area contributed by atoms with Gasteiger partial charge in [-0.05, 0) is 86.1 Å². The van der Waals surface area contributed by atoms with Gasteiger partial charge in [0, 0.05) is 33.7 Å². The zero-order chi connectivity index (χ0) is 32.1. The highest BCUT2D eigenvalue weighted by Gasteiger charge is 2.21. The Morgan fingerprint density at radius 1 is 0.933 bits per heavy atom. The molecule has 0 spiro atoms. The maximum Gasteiger partial charge on any atom is 0.313 e. The van der Waals surface area contributed by atoms with E-state index in [0.717, 1.165) is 23.1 Å². The minimum atomic E-state index is -0.644. The van der Waals surface area contributed by atoms with Gasteiger partial charge in [0.15, 0.2) is 5.76 Å². The highest BCUT2D eigenvalue weighted by molar-refractivity contribution is 6.42. The summed E-state index contributed by atoms with van der Waals surface area (Å²) in [5.41, 5.74) is 6.04. The van der Waals surface area contributed by atoms with Crippen LogP contribution in [-0.4, -0.2) is 21.6 Å². The van der Waals surface area contributed by atoms with E-state index >= 15 is 0 Å². The van der Waals surface area contributed by atoms with Crippen molar-refractivity contribution < 1.29 is 23.6 Å². The number of nitrogens with one attached hydrogen (secondary N) is 1. The average molecular weight is 668 g/mol. The molecule has 0 saturated heterocycles. The first-order chi connectivity index (χ1) is 21.6. The van der Waals surface area contributed by atoms with E-state index < -0.39 is 10.8 Å². The van der Waals surface area contributed by atoms with Crippen molar-refractivity contribution in [2.24, 2.45) is 5.10 Å². The molecule has 13 heteroatoms. The third-order valence-corrected chi connectivity index (χ3v) is 7.59. The molecule has 0 aliphatic carbocycles. The third-order valence-electron chi connectivity index (χ3n) is 6.63. The predicted octanol–water partition coefficient (Wildman–Crippen LogP) is 8.48. The molecule has 2 aromatic heterocycles. The van der Waals surface area contributed by atoms with E-state index in [2.05, 4.69) is 27.2 Å². The number of aromatic nitrogens is 1. The van der Waals surface area contributed by atoms with Crippen LogP contribution in [0.15, 0.2) is 88.4 Å². The van der Waals surface area contributed by atoms with Crippen LogP contribution in [-0.2, 0) is 13.2 Å². The molecule has 1 N–H and O–H groups in total. The van der Waals surface area contributed by atoms with Crippen molar-refractivity contribution in [1.82, 2.24) is 9.99 Å². The molecule has 2 heterocycles. The van der Waals surface area contributed by atoms with Gasteiger partial charge in [-0.1, -0.05) is 40.9 Å². The van der Waals surface area contributed by atoms with E-state index in [1.54, 1.807) is 24.3 Å². The summed E-state index contributed by atoms with van der Waals surface area (Å²) in [5.74, 6) is 0.314. The van der Waals surface area contributed by atoms with E-state index in [0.29, 0.717) is 27.1 Å². The molecule has 0 aliphatic heterocycles. The van der Waals surface area contributed by atoms with Gasteiger partial charge in [0.1, 0.15) is 24.7 Å². The minimum Gasteiger partial charge on any atom is -0.486 e. The molecule has 0 aliphatic rings. The van der Waals surface area contributed by atoms with Gasteiger partial charge >= 0.3 is 11.6 Å². The standard InChI is InChI=1S/C32H25Cl3N4O6/c1-19-3-4-20(2)38(19)24-6-8-25(9-7-24)43-18-26-10-12-30(45-26)32(40)37-36-16-22-14-23(33)15-29(39(41)42)31(22)44-17-21-5-11-27(34)28(35)13-21/h3-16H,17-18H2,1-2H3,(H,37,40)/b36-16+. The third kappa shape index (κ3) is 7.66. The number of ether oxygens (including phenoxy) is 2. The quantitative estimate of drug-likeness (QED) is 0.0857. The lowest BCUT2D eigenvalue weighted by molar-refractivity contribution is -0.385. The predicted molar refractivity (Wildman–Crippen MR) is 172 cm³/mol. The Bertz CT molecular complexity index is 1880. The Hall–Kier alpha value is -4.77. The number of hydrogen-bond acceptors (Lipinski definition) is 7. The molecule has 0 atom stereocenters. The van der Waals surface area contributed by atoms with Gasteiger partial charge < -0.3 is 18.5 Å². The van der Waals surface area contributed by atoms with Crippen molar-refractivity contribution in [3.8, 4) is 17.2 Å². The van der Waals surface area contributed by atoms with Crippen LogP contribution in [0.4, 0.5) is 5.69 Å². The summed E-state index contributed by atoms with van der Waals surface area (Å²) in [6.45, 7) is 4.14. The zero-order valence-corrected chi connectivity index (χ0v) is 26.2. The van der Waals surface area contributed by atoms with E-state index in [4.69, 9.17) is 48.7 Å². The highest BCUT2D eigenvalue weighted by atomic mass is 35.5. The van der Waals surface area contributed by atoms with Crippen LogP contribution >= 0.6 is 34.8 Å². The van der Waals surface area contributed by atoms with Gasteiger partial charge in [0.25, 0.3) is 0 Å². The van der Waals surface area contributed by atoms with Crippen molar-refractivity contribution in [2.75, 3.05) is 0 Å². The number of nitro groups is 1. The Kier molecular flexibility index (Phi) is 9.77. The summed E-state index contributed by atoms with van der Waals surface area (Å²) < 4.78 is 19.3. The van der Waals surface area contributed by atoms with Crippen LogP contribution in [0.3, 0.4) is 0 Å². The normalized spacial score (nSPS) is 11.1. The fraction of sp³-hybridized carbons (Fsp3) is 0.125. The molecule has 230 valence electrons. The molecule has 45 heavy (non-hydrogen) atoms. The molecule has 5 aromatic rings. The maximum absolute atomic E-state index is 12.7. The van der Waals surface area contributed by atoms with Crippen molar-refractivity contribution in [3.05, 3.63) is 138 Å². The number of hydrogen-bond donors (Lipinski definition) is 1. The number of furan rings is 1. The monoisotopic (exact) mass is 666 g/mol. The Morgan fingerprint density at radius 2 is 1.67 bits per heavy atom. The lowest BCUT2D eigenvalue weighted by atomic mass is 10.2. The molecule has 10 nitrogen and oxygen atoms in total. The first-order valence-electron chi connectivity index (χ1n) is 13.4. The number of nitrogens with zero attached hydrogens (tertiary/aromatic N) is 3. The molecule has 5 rings (SSSR count). The Labute approximate surface area is 272 Å². The number of carbonyl (C=O) groups is 1. The summed E-state index contributed by atoms with van der Waals surface area (Å²) in [7, 11) is 0. The highest BCUT2D eigenvalue weighted by Crippen LogP contribution is 2.35. The van der Waals surface area contributed by atoms with Crippen LogP contribution in [0, 0.1) is 24.0 Å². The second-order valence-corrected chi connectivity index (χ2v) is 11.1. The van der Waals surface area contributed by atoms with Crippen LogP contribution in [0.2, 0.25) is 15.1 Å². The second kappa shape index (κ2) is 13.9. The minimum absolute atomic E-state index is 0.00665. The zero-order valence-electron chi connectivity index (χ0n) is 23.9. The smallest absolute Gasteiger partial charge is 0.313 e. The fourth-order valence-corrected chi connectivity index (χ4v) is 5.03. The van der Waals surface area contributed by atoms with Gasteiger partial charge in [-0.25, -0.2) is 5.43 Å². The average Bonchev–Trinajstić information content (AvgIpc) is 3.63. The van der Waals surface area contributed by atoms with Crippen LogP contribution in [0.1, 0.15) is 38.8 Å². The first kappa shape index (κ1) is 31.6. The summed E-state index contributed by atoms with van der Waals surface area (Å²) in [4.78, 5) is 23.8. The number of amides is 1. The fourth-order valence-electron chi connectivity index (χ4n) is 4.49. The summed E-state index contributed by atoms with van der Waals surface area (Å²) in [5, 5.41) is 16.4. The van der Waals surface area contributed by atoms with Crippen LogP contribution in [0.5, 0.6) is 11.5 Å². The molecule has 0 unspecified atom stereocenters. The molecule has 0 saturated carbocycles. The van der Waals surface area contributed by atoms with Gasteiger partial charge in [0.2, 0.25) is 5.75 Å². The van der Waals surface area contributed by atoms with Gasteiger partial charge in [0.05, 0.1) is 21.2 Å². The number of nitro benzene ring substituents is 1. The molecular formula is C32H25Cl3N4O6. The topological polar surface area (TPSA) is 121 Å². The van der Waals surface area contributed by atoms with E-state index in [9.17, 15) is 14.9 Å². The number of halogens is 3. The lowest BCUT2D eigenvalue weighted by Gasteiger charge is -2.11. The Morgan fingerprint density at radius 3 is 2.36 bits per heavy atom. The lowest BCUT2D eigenvalue weighted by Crippen LogP contribution is -2.17. The number of benzene rings is 3. The molecule has 0 fully saturated rings.